The standard InChI is InChI=1S/C24H26N2O3S/c1-5-10-18-13-17(14-20(22(18)27)29-6-2)15-21-23(28)26(16(3)4)24(30-21)25-19-11-8-7-9-12-19/h5,7-9,11-16,27H,1,6,10H2,2-4H3/b21-15+,25-24?. The minimum absolute atomic E-state index is 0.0199. The first-order valence-electron chi connectivity index (χ1n) is 9.91. The fourth-order valence-corrected chi connectivity index (χ4v) is 4.25. The van der Waals surface area contributed by atoms with E-state index in [1.54, 1.807) is 17.0 Å². The fourth-order valence-electron chi connectivity index (χ4n) is 3.13. The lowest BCUT2D eigenvalue weighted by Gasteiger charge is -2.19. The number of amidine groups is 1. The third kappa shape index (κ3) is 4.76. The topological polar surface area (TPSA) is 62.1 Å². The van der Waals surface area contributed by atoms with Gasteiger partial charge in [0.15, 0.2) is 16.7 Å². The van der Waals surface area contributed by atoms with Crippen LogP contribution < -0.4 is 4.74 Å². The third-order valence-electron chi connectivity index (χ3n) is 4.47. The van der Waals surface area contributed by atoms with Crippen molar-refractivity contribution in [3.05, 3.63) is 71.2 Å². The lowest BCUT2D eigenvalue weighted by atomic mass is 10.0. The van der Waals surface area contributed by atoms with Crippen LogP contribution in [0.4, 0.5) is 5.69 Å². The summed E-state index contributed by atoms with van der Waals surface area (Å²) in [6.07, 6.45) is 4.05. The molecule has 5 nitrogen and oxygen atoms in total. The molecule has 1 aliphatic heterocycles. The van der Waals surface area contributed by atoms with Gasteiger partial charge in [-0.2, -0.15) is 0 Å². The van der Waals surface area contributed by atoms with Gasteiger partial charge in [0.25, 0.3) is 5.91 Å². The van der Waals surface area contributed by atoms with Crippen LogP contribution in [-0.2, 0) is 11.2 Å². The number of phenols is 1. The zero-order chi connectivity index (χ0) is 21.7. The number of benzene rings is 2. The Hall–Kier alpha value is -2.99. The van der Waals surface area contributed by atoms with Crippen LogP contribution in [0.25, 0.3) is 6.08 Å². The number of aromatic hydroxyl groups is 1. The average molecular weight is 423 g/mol. The summed E-state index contributed by atoms with van der Waals surface area (Å²) < 4.78 is 5.58. The van der Waals surface area contributed by atoms with Crippen molar-refractivity contribution in [2.75, 3.05) is 6.61 Å². The molecule has 0 bridgehead atoms. The van der Waals surface area contributed by atoms with Crippen molar-refractivity contribution >= 4 is 34.6 Å². The highest BCUT2D eigenvalue weighted by Crippen LogP contribution is 2.38. The minimum Gasteiger partial charge on any atom is -0.504 e. The lowest BCUT2D eigenvalue weighted by molar-refractivity contribution is -0.123. The van der Waals surface area contributed by atoms with Crippen LogP contribution in [0.2, 0.25) is 0 Å². The zero-order valence-corrected chi connectivity index (χ0v) is 18.3. The van der Waals surface area contributed by atoms with Crippen molar-refractivity contribution in [1.29, 1.82) is 0 Å². The Labute approximate surface area is 181 Å². The van der Waals surface area contributed by atoms with E-state index in [1.165, 1.54) is 11.8 Å². The molecule has 1 N–H and O–H groups in total. The predicted molar refractivity (Wildman–Crippen MR) is 124 cm³/mol. The van der Waals surface area contributed by atoms with Gasteiger partial charge >= 0.3 is 0 Å². The number of allylic oxidation sites excluding steroid dienone is 1. The summed E-state index contributed by atoms with van der Waals surface area (Å²) in [5, 5.41) is 11.1. The molecule has 1 fully saturated rings. The predicted octanol–water partition coefficient (Wildman–Crippen LogP) is 5.53. The normalized spacial score (nSPS) is 16.7. The maximum atomic E-state index is 13.1. The van der Waals surface area contributed by atoms with E-state index in [9.17, 15) is 9.90 Å². The molecule has 0 aromatic heterocycles. The van der Waals surface area contributed by atoms with Gasteiger partial charge in [0.2, 0.25) is 0 Å². The number of rotatable bonds is 7. The van der Waals surface area contributed by atoms with Crippen molar-refractivity contribution in [3.63, 3.8) is 0 Å². The Bertz CT molecular complexity index is 997. The Morgan fingerprint density at radius 3 is 2.63 bits per heavy atom. The minimum atomic E-state index is -0.0824. The molecule has 0 unspecified atom stereocenters. The molecule has 1 amide bonds. The summed E-state index contributed by atoms with van der Waals surface area (Å²) in [6.45, 7) is 9.99. The maximum Gasteiger partial charge on any atom is 0.266 e. The number of carbonyl (C=O) groups excluding carboxylic acids is 1. The van der Waals surface area contributed by atoms with Crippen molar-refractivity contribution in [1.82, 2.24) is 4.90 Å². The summed E-state index contributed by atoms with van der Waals surface area (Å²) >= 11 is 1.35. The summed E-state index contributed by atoms with van der Waals surface area (Å²) in [6, 6.07) is 13.2. The monoisotopic (exact) mass is 422 g/mol. The Morgan fingerprint density at radius 1 is 1.27 bits per heavy atom. The summed E-state index contributed by atoms with van der Waals surface area (Å²) in [4.78, 5) is 20.1. The number of hydrogen-bond donors (Lipinski definition) is 1. The van der Waals surface area contributed by atoms with Crippen LogP contribution in [-0.4, -0.2) is 33.7 Å². The maximum absolute atomic E-state index is 13.1. The summed E-state index contributed by atoms with van der Waals surface area (Å²) in [7, 11) is 0. The van der Waals surface area contributed by atoms with E-state index in [2.05, 4.69) is 11.6 Å². The largest absolute Gasteiger partial charge is 0.504 e. The average Bonchev–Trinajstić information content (AvgIpc) is 3.01. The van der Waals surface area contributed by atoms with Crippen LogP contribution in [0.1, 0.15) is 31.9 Å². The number of hydrogen-bond acceptors (Lipinski definition) is 5. The molecular formula is C24H26N2O3S. The number of aliphatic imine (C=N–C) groups is 1. The second kappa shape index (κ2) is 9.67. The van der Waals surface area contributed by atoms with Crippen molar-refractivity contribution in [2.24, 2.45) is 4.99 Å². The van der Waals surface area contributed by atoms with Gasteiger partial charge in [-0.05, 0) is 74.9 Å². The van der Waals surface area contributed by atoms with Gasteiger partial charge in [0, 0.05) is 11.6 Å². The molecule has 0 aliphatic carbocycles. The molecule has 2 aromatic carbocycles. The van der Waals surface area contributed by atoms with Crippen LogP contribution in [0.3, 0.4) is 0 Å². The molecule has 156 valence electrons. The van der Waals surface area contributed by atoms with Gasteiger partial charge in [-0.3, -0.25) is 9.69 Å². The van der Waals surface area contributed by atoms with Crippen LogP contribution in [0.15, 0.2) is 65.0 Å². The highest BCUT2D eigenvalue weighted by molar-refractivity contribution is 8.18. The van der Waals surface area contributed by atoms with Crippen LogP contribution in [0, 0.1) is 0 Å². The molecule has 0 radical (unpaired) electrons. The lowest BCUT2D eigenvalue weighted by Crippen LogP contribution is -2.35. The number of para-hydroxylation sites is 1. The quantitative estimate of drug-likeness (QED) is 0.471. The first-order chi connectivity index (χ1) is 14.4. The molecule has 1 saturated heterocycles. The summed E-state index contributed by atoms with van der Waals surface area (Å²) in [5.41, 5.74) is 2.29. The zero-order valence-electron chi connectivity index (χ0n) is 17.5. The first-order valence-corrected chi connectivity index (χ1v) is 10.7. The summed E-state index contributed by atoms with van der Waals surface area (Å²) in [5.74, 6) is 0.429. The Kier molecular flexibility index (Phi) is 7.00. The fraction of sp³-hybridized carbons (Fsp3) is 0.250. The highest BCUT2D eigenvalue weighted by Gasteiger charge is 2.35. The van der Waals surface area contributed by atoms with E-state index in [0.29, 0.717) is 34.4 Å². The smallest absolute Gasteiger partial charge is 0.266 e. The number of phenolic OH excluding ortho intramolecular Hbond substituents is 1. The molecule has 0 spiro atoms. The van der Waals surface area contributed by atoms with E-state index in [-0.39, 0.29) is 17.7 Å². The Balaban J connectivity index is 2.02. The van der Waals surface area contributed by atoms with Crippen molar-refractivity contribution in [2.45, 2.75) is 33.2 Å². The first kappa shape index (κ1) is 21.7. The molecule has 2 aromatic rings. The van der Waals surface area contributed by atoms with Gasteiger partial charge in [0.05, 0.1) is 17.2 Å². The van der Waals surface area contributed by atoms with Crippen molar-refractivity contribution < 1.29 is 14.6 Å². The highest BCUT2D eigenvalue weighted by atomic mass is 32.2. The van der Waals surface area contributed by atoms with Gasteiger partial charge in [0.1, 0.15) is 0 Å². The molecule has 0 atom stereocenters. The van der Waals surface area contributed by atoms with Crippen LogP contribution in [0.5, 0.6) is 11.5 Å². The number of nitrogens with zero attached hydrogens (tertiary/aromatic N) is 2. The molecule has 6 heteroatoms. The molecule has 3 rings (SSSR count). The van der Waals surface area contributed by atoms with Crippen LogP contribution >= 0.6 is 11.8 Å². The van der Waals surface area contributed by atoms with Crippen molar-refractivity contribution in [3.8, 4) is 11.5 Å². The van der Waals surface area contributed by atoms with E-state index in [4.69, 9.17) is 4.74 Å². The SMILES string of the molecule is C=CCc1cc(/C=C2/SC(=Nc3ccccc3)N(C(C)C)C2=O)cc(OCC)c1O. The molecular weight excluding hydrogens is 396 g/mol. The number of ether oxygens (including phenoxy) is 1. The van der Waals surface area contributed by atoms with E-state index < -0.39 is 0 Å². The molecule has 30 heavy (non-hydrogen) atoms. The van der Waals surface area contributed by atoms with E-state index in [0.717, 1.165) is 11.3 Å². The molecule has 1 heterocycles. The second-order valence-electron chi connectivity index (χ2n) is 7.06. The number of thioether (sulfide) groups is 1. The van der Waals surface area contributed by atoms with Gasteiger partial charge in [-0.15, -0.1) is 6.58 Å². The number of amides is 1. The molecule has 0 saturated carbocycles. The molecule has 1 aliphatic rings. The second-order valence-corrected chi connectivity index (χ2v) is 8.07. The van der Waals surface area contributed by atoms with Gasteiger partial charge in [-0.1, -0.05) is 24.3 Å². The van der Waals surface area contributed by atoms with E-state index in [1.807, 2.05) is 63.2 Å². The van der Waals surface area contributed by atoms with Gasteiger partial charge in [-0.25, -0.2) is 4.99 Å². The number of carbonyl (C=O) groups is 1. The Morgan fingerprint density at radius 2 is 2.00 bits per heavy atom. The third-order valence-corrected chi connectivity index (χ3v) is 5.46. The van der Waals surface area contributed by atoms with Gasteiger partial charge < -0.3 is 9.84 Å². The van der Waals surface area contributed by atoms with E-state index >= 15 is 0 Å².